The second kappa shape index (κ2) is 17.6. The van der Waals surface area contributed by atoms with Crippen molar-refractivity contribution in [1.82, 2.24) is 4.90 Å². The van der Waals surface area contributed by atoms with Gasteiger partial charge in [-0.05, 0) is 40.5 Å². The van der Waals surface area contributed by atoms with Crippen LogP contribution in [0.15, 0.2) is 0 Å². The van der Waals surface area contributed by atoms with Gasteiger partial charge in [0.15, 0.2) is 0 Å². The largest absolute Gasteiger partial charge is 0.394 e. The maximum atomic E-state index is 12.7. The van der Waals surface area contributed by atoms with E-state index in [1.807, 2.05) is 0 Å². The van der Waals surface area contributed by atoms with Crippen LogP contribution in [0.4, 0.5) is 0 Å². The van der Waals surface area contributed by atoms with Gasteiger partial charge in [0, 0.05) is 20.0 Å². The first kappa shape index (κ1) is 31.1. The van der Waals surface area contributed by atoms with Crippen LogP contribution in [0, 0.1) is 5.92 Å². The first-order valence-electron chi connectivity index (χ1n) is 11.2. The molecule has 0 saturated heterocycles. The molecular formula is C22H45NO9. The van der Waals surface area contributed by atoms with E-state index < -0.39 is 30.3 Å². The molecule has 0 spiro atoms. The predicted molar refractivity (Wildman–Crippen MR) is 119 cm³/mol. The molecule has 0 heterocycles. The number of hydrogen-bond donors (Lipinski definition) is 4. The zero-order valence-electron chi connectivity index (χ0n) is 20.5. The quantitative estimate of drug-likeness (QED) is 0.203. The Labute approximate surface area is 192 Å². The minimum absolute atomic E-state index is 0.147. The molecule has 0 aromatic heterocycles. The van der Waals surface area contributed by atoms with Gasteiger partial charge in [-0.2, -0.15) is 0 Å². The number of nitrogens with zero attached hydrogens (tertiary/aromatic N) is 1. The van der Waals surface area contributed by atoms with Gasteiger partial charge < -0.3 is 44.3 Å². The van der Waals surface area contributed by atoms with Gasteiger partial charge in [0.1, 0.15) is 0 Å². The molecule has 0 aromatic rings. The lowest BCUT2D eigenvalue weighted by Crippen LogP contribution is -2.38. The molecule has 1 amide bonds. The van der Waals surface area contributed by atoms with Crippen molar-refractivity contribution in [2.45, 2.75) is 77.2 Å². The molecule has 6 atom stereocenters. The van der Waals surface area contributed by atoms with E-state index in [0.717, 1.165) is 0 Å². The summed E-state index contributed by atoms with van der Waals surface area (Å²) in [6, 6.07) is 0. The van der Waals surface area contributed by atoms with Crippen LogP contribution in [0.2, 0.25) is 0 Å². The molecule has 0 bridgehead atoms. The number of carbonyl (C=O) groups excluding carboxylic acids is 1. The molecular weight excluding hydrogens is 422 g/mol. The van der Waals surface area contributed by atoms with Gasteiger partial charge in [-0.15, -0.1) is 0 Å². The lowest BCUT2D eigenvalue weighted by Gasteiger charge is -2.28. The first-order valence-corrected chi connectivity index (χ1v) is 11.2. The fourth-order valence-electron chi connectivity index (χ4n) is 2.93. The highest BCUT2D eigenvalue weighted by molar-refractivity contribution is 5.78. The Balaban J connectivity index is 4.86. The van der Waals surface area contributed by atoms with Crippen LogP contribution in [0.1, 0.15) is 40.5 Å². The second-order valence-electron chi connectivity index (χ2n) is 8.66. The summed E-state index contributed by atoms with van der Waals surface area (Å²) in [7, 11) is 3.30. The molecule has 0 aliphatic carbocycles. The van der Waals surface area contributed by atoms with Crippen molar-refractivity contribution >= 4 is 5.91 Å². The third-order valence-electron chi connectivity index (χ3n) is 4.67. The smallest absolute Gasteiger partial charge is 0.225 e. The highest BCUT2D eigenvalue weighted by atomic mass is 16.6. The van der Waals surface area contributed by atoms with Crippen LogP contribution in [0.25, 0.3) is 0 Å². The van der Waals surface area contributed by atoms with Crippen molar-refractivity contribution in [3.8, 4) is 0 Å². The Kier molecular flexibility index (Phi) is 17.1. The number of aliphatic hydroxyl groups excluding tert-OH is 4. The fraction of sp³-hybridized carbons (Fsp3) is 0.955. The summed E-state index contributed by atoms with van der Waals surface area (Å²) < 4.78 is 22.4. The van der Waals surface area contributed by atoms with E-state index in [1.165, 1.54) is 4.90 Å². The molecule has 0 saturated carbocycles. The molecule has 10 nitrogen and oxygen atoms in total. The Morgan fingerprint density at radius 1 is 0.719 bits per heavy atom. The predicted octanol–water partition coefficient (Wildman–Crippen LogP) is -0.202. The van der Waals surface area contributed by atoms with E-state index in [4.69, 9.17) is 18.9 Å². The van der Waals surface area contributed by atoms with E-state index in [-0.39, 0.29) is 70.6 Å². The number of rotatable bonds is 19. The second-order valence-corrected chi connectivity index (χ2v) is 8.66. The van der Waals surface area contributed by atoms with Gasteiger partial charge in [0.05, 0.1) is 76.3 Å². The molecule has 0 rings (SSSR count). The maximum absolute atomic E-state index is 12.7. The van der Waals surface area contributed by atoms with Gasteiger partial charge in [-0.3, -0.25) is 4.79 Å². The molecule has 4 N–H and O–H groups in total. The standard InChI is InChI=1S/C22H45NO9/c1-15(26)11-29-17(3)13-31-20(9-24)7-19(22(28)23(5)6)8-21(10-25)32-14-18(4)30-12-16(2)27/h15-21,24-27H,7-14H2,1-6H3. The Morgan fingerprint density at radius 3 is 1.38 bits per heavy atom. The SMILES string of the molecule is CC(O)COC(C)COC(CO)CC(CC(CO)OCC(C)OCC(C)O)C(=O)N(C)C. The molecule has 32 heavy (non-hydrogen) atoms. The number of aliphatic hydroxyl groups is 4. The normalized spacial score (nSPS) is 18.4. The Morgan fingerprint density at radius 2 is 1.09 bits per heavy atom. The number of hydrogen-bond acceptors (Lipinski definition) is 9. The lowest BCUT2D eigenvalue weighted by molar-refractivity contribution is -0.138. The summed E-state index contributed by atoms with van der Waals surface area (Å²) in [5.74, 6) is -0.674. The van der Waals surface area contributed by atoms with Gasteiger partial charge in [0.25, 0.3) is 0 Å². The van der Waals surface area contributed by atoms with Crippen molar-refractivity contribution < 1.29 is 44.2 Å². The van der Waals surface area contributed by atoms with E-state index in [1.54, 1.807) is 41.8 Å². The summed E-state index contributed by atoms with van der Waals surface area (Å²) in [6.07, 6.45) is -2.39. The van der Waals surface area contributed by atoms with Crippen LogP contribution in [-0.4, -0.2) is 122 Å². The van der Waals surface area contributed by atoms with Crippen LogP contribution >= 0.6 is 0 Å². The summed E-state index contributed by atoms with van der Waals surface area (Å²) >= 11 is 0. The molecule has 0 fully saturated rings. The maximum Gasteiger partial charge on any atom is 0.225 e. The monoisotopic (exact) mass is 467 g/mol. The Bertz CT molecular complexity index is 444. The van der Waals surface area contributed by atoms with Crippen molar-refractivity contribution in [3.63, 3.8) is 0 Å². The van der Waals surface area contributed by atoms with E-state index >= 15 is 0 Å². The van der Waals surface area contributed by atoms with Gasteiger partial charge in [-0.25, -0.2) is 0 Å². The van der Waals surface area contributed by atoms with E-state index in [9.17, 15) is 25.2 Å². The molecule has 0 aliphatic rings. The van der Waals surface area contributed by atoms with Crippen molar-refractivity contribution in [2.75, 3.05) is 53.7 Å². The summed E-state index contributed by atoms with van der Waals surface area (Å²) in [6.45, 7) is 7.10. The van der Waals surface area contributed by atoms with Gasteiger partial charge >= 0.3 is 0 Å². The number of amides is 1. The highest BCUT2D eigenvalue weighted by Gasteiger charge is 2.28. The van der Waals surface area contributed by atoms with Crippen LogP contribution < -0.4 is 0 Å². The summed E-state index contributed by atoms with van der Waals surface area (Å²) in [5, 5.41) is 38.1. The lowest BCUT2D eigenvalue weighted by atomic mass is 9.93. The average Bonchev–Trinajstić information content (AvgIpc) is 2.74. The molecule has 6 unspecified atom stereocenters. The third-order valence-corrected chi connectivity index (χ3v) is 4.67. The van der Waals surface area contributed by atoms with Crippen LogP contribution in [0.5, 0.6) is 0 Å². The zero-order chi connectivity index (χ0) is 24.7. The van der Waals surface area contributed by atoms with Crippen molar-refractivity contribution in [3.05, 3.63) is 0 Å². The average molecular weight is 468 g/mol. The summed E-state index contributed by atoms with van der Waals surface area (Å²) in [4.78, 5) is 14.2. The minimum Gasteiger partial charge on any atom is -0.394 e. The zero-order valence-corrected chi connectivity index (χ0v) is 20.5. The highest BCUT2D eigenvalue weighted by Crippen LogP contribution is 2.20. The Hall–Kier alpha value is -0.850. The third kappa shape index (κ3) is 15.1. The van der Waals surface area contributed by atoms with Crippen molar-refractivity contribution in [2.24, 2.45) is 5.92 Å². The van der Waals surface area contributed by atoms with E-state index in [0.29, 0.717) is 0 Å². The number of ether oxygens (including phenoxy) is 4. The molecule has 0 radical (unpaired) electrons. The van der Waals surface area contributed by atoms with Crippen LogP contribution in [0.3, 0.4) is 0 Å². The van der Waals surface area contributed by atoms with Crippen LogP contribution in [-0.2, 0) is 23.7 Å². The molecule has 192 valence electrons. The van der Waals surface area contributed by atoms with Crippen molar-refractivity contribution in [1.29, 1.82) is 0 Å². The van der Waals surface area contributed by atoms with Gasteiger partial charge in [-0.1, -0.05) is 0 Å². The molecule has 10 heteroatoms. The van der Waals surface area contributed by atoms with Gasteiger partial charge in [0.2, 0.25) is 5.91 Å². The fourth-order valence-corrected chi connectivity index (χ4v) is 2.93. The molecule has 0 aromatic carbocycles. The number of carbonyl (C=O) groups is 1. The minimum atomic E-state index is -0.589. The first-order chi connectivity index (χ1) is 15.0. The van der Waals surface area contributed by atoms with E-state index in [2.05, 4.69) is 0 Å². The topological polar surface area (TPSA) is 138 Å². The summed E-state index contributed by atoms with van der Waals surface area (Å²) in [5.41, 5.74) is 0. The molecule has 0 aliphatic heterocycles.